The summed E-state index contributed by atoms with van der Waals surface area (Å²) in [7, 11) is -4.19. The summed E-state index contributed by atoms with van der Waals surface area (Å²) in [6.07, 6.45) is -8.24. The van der Waals surface area contributed by atoms with Gasteiger partial charge in [0, 0.05) is 25.7 Å². The number of rotatable bonds is 5. The second kappa shape index (κ2) is 8.80. The van der Waals surface area contributed by atoms with E-state index in [-0.39, 0.29) is 18.4 Å². The molecule has 2 unspecified atom stereocenters. The van der Waals surface area contributed by atoms with Crippen LogP contribution in [0.15, 0.2) is 47.4 Å². The van der Waals surface area contributed by atoms with E-state index in [1.54, 1.807) is 0 Å². The Kier molecular flexibility index (Phi) is 6.45. The van der Waals surface area contributed by atoms with Gasteiger partial charge >= 0.3 is 12.4 Å². The van der Waals surface area contributed by atoms with Crippen LogP contribution in [0.1, 0.15) is 29.5 Å². The molecule has 0 aromatic heterocycles. The number of fused-ring (bicyclic) bond motifs is 1. The molecular formula is C22H21F7N2O2S. The summed E-state index contributed by atoms with van der Waals surface area (Å²) in [6, 6.07) is 5.81. The fraction of sp³-hybridized carbons (Fsp3) is 0.455. The SMILES string of the molecule is O=S(=O)(NC1CC[C@H]2CN(Cc3ccc(C(F)(F)F)c(F)c3)CC12)c1cccc(C(F)(F)F)c1. The molecular weight excluding hydrogens is 489 g/mol. The van der Waals surface area contributed by atoms with E-state index in [0.717, 1.165) is 24.3 Å². The van der Waals surface area contributed by atoms with Crippen LogP contribution in [0.2, 0.25) is 0 Å². The molecule has 1 aliphatic carbocycles. The smallest absolute Gasteiger partial charge is 0.298 e. The van der Waals surface area contributed by atoms with Crippen molar-refractivity contribution in [2.45, 2.75) is 42.7 Å². The quantitative estimate of drug-likeness (QED) is 0.573. The predicted octanol–water partition coefficient (Wildman–Crippen LogP) is 5.05. The van der Waals surface area contributed by atoms with Gasteiger partial charge in [-0.3, -0.25) is 4.90 Å². The fourth-order valence-corrected chi connectivity index (χ4v) is 6.25. The largest absolute Gasteiger partial charge is 0.419 e. The fourth-order valence-electron chi connectivity index (χ4n) is 4.89. The van der Waals surface area contributed by atoms with E-state index in [0.29, 0.717) is 43.6 Å². The van der Waals surface area contributed by atoms with Gasteiger partial charge in [0.05, 0.1) is 16.0 Å². The molecule has 1 saturated heterocycles. The lowest BCUT2D eigenvalue weighted by Gasteiger charge is -2.22. The van der Waals surface area contributed by atoms with E-state index in [4.69, 9.17) is 0 Å². The van der Waals surface area contributed by atoms with Gasteiger partial charge in [0.1, 0.15) is 5.82 Å². The molecule has 4 nitrogen and oxygen atoms in total. The minimum atomic E-state index is -4.78. The molecule has 1 heterocycles. The van der Waals surface area contributed by atoms with Gasteiger partial charge in [-0.1, -0.05) is 12.1 Å². The van der Waals surface area contributed by atoms with Crippen LogP contribution in [0.4, 0.5) is 30.7 Å². The zero-order valence-corrected chi connectivity index (χ0v) is 18.4. The number of hydrogen-bond donors (Lipinski definition) is 1. The number of nitrogens with zero attached hydrogens (tertiary/aromatic N) is 1. The van der Waals surface area contributed by atoms with Crippen LogP contribution in [-0.2, 0) is 28.9 Å². The van der Waals surface area contributed by atoms with Crippen LogP contribution in [0.25, 0.3) is 0 Å². The highest BCUT2D eigenvalue weighted by molar-refractivity contribution is 7.89. The molecule has 0 radical (unpaired) electrons. The van der Waals surface area contributed by atoms with Gasteiger partial charge in [0.2, 0.25) is 10.0 Å². The second-order valence-corrected chi connectivity index (χ2v) is 10.5. The lowest BCUT2D eigenvalue weighted by atomic mass is 9.98. The molecule has 0 spiro atoms. The van der Waals surface area contributed by atoms with E-state index < -0.39 is 50.3 Å². The Labute approximate surface area is 191 Å². The Morgan fingerprint density at radius 2 is 1.68 bits per heavy atom. The Hall–Kier alpha value is -2.18. The number of hydrogen-bond acceptors (Lipinski definition) is 3. The predicted molar refractivity (Wildman–Crippen MR) is 108 cm³/mol. The highest BCUT2D eigenvalue weighted by atomic mass is 32.2. The Morgan fingerprint density at radius 3 is 2.32 bits per heavy atom. The monoisotopic (exact) mass is 510 g/mol. The van der Waals surface area contributed by atoms with Gasteiger partial charge < -0.3 is 0 Å². The normalized spacial score (nSPS) is 23.9. The van der Waals surface area contributed by atoms with Crippen molar-refractivity contribution >= 4 is 10.0 Å². The van der Waals surface area contributed by atoms with Crippen molar-refractivity contribution in [1.82, 2.24) is 9.62 Å². The number of nitrogens with one attached hydrogen (secondary N) is 1. The van der Waals surface area contributed by atoms with Crippen molar-refractivity contribution in [3.05, 3.63) is 65.0 Å². The topological polar surface area (TPSA) is 49.4 Å². The molecule has 3 atom stereocenters. The first kappa shape index (κ1) is 24.9. The third-order valence-electron chi connectivity index (χ3n) is 6.46. The van der Waals surface area contributed by atoms with E-state index >= 15 is 0 Å². The maximum Gasteiger partial charge on any atom is 0.419 e. The van der Waals surface area contributed by atoms with Crippen molar-refractivity contribution in [2.75, 3.05) is 13.1 Å². The molecule has 2 aliphatic rings. The number of alkyl halides is 6. The first-order valence-corrected chi connectivity index (χ1v) is 12.0. The maximum absolute atomic E-state index is 13.9. The highest BCUT2D eigenvalue weighted by Gasteiger charge is 2.44. The maximum atomic E-state index is 13.9. The van der Waals surface area contributed by atoms with E-state index in [1.165, 1.54) is 6.07 Å². The number of benzene rings is 2. The van der Waals surface area contributed by atoms with Gasteiger partial charge in [0.25, 0.3) is 0 Å². The van der Waals surface area contributed by atoms with Crippen LogP contribution in [0.3, 0.4) is 0 Å². The lowest BCUT2D eigenvalue weighted by molar-refractivity contribution is -0.140. The van der Waals surface area contributed by atoms with Gasteiger partial charge in [-0.05, 0) is 60.6 Å². The summed E-state index contributed by atoms with van der Waals surface area (Å²) in [5.41, 5.74) is -2.03. The van der Waals surface area contributed by atoms with Crippen LogP contribution >= 0.6 is 0 Å². The molecule has 12 heteroatoms. The van der Waals surface area contributed by atoms with Gasteiger partial charge in [-0.25, -0.2) is 17.5 Å². The Morgan fingerprint density at radius 1 is 0.941 bits per heavy atom. The Bertz CT molecular complexity index is 1160. The first-order chi connectivity index (χ1) is 15.7. The summed E-state index contributed by atoms with van der Waals surface area (Å²) in [6.45, 7) is 1.20. The lowest BCUT2D eigenvalue weighted by Crippen LogP contribution is -2.39. The summed E-state index contributed by atoms with van der Waals surface area (Å²) in [5, 5.41) is 0. The zero-order chi connectivity index (χ0) is 24.9. The molecule has 1 aliphatic heterocycles. The van der Waals surface area contributed by atoms with E-state index in [9.17, 15) is 39.2 Å². The number of likely N-dealkylation sites (tertiary alicyclic amines) is 1. The summed E-state index contributed by atoms with van der Waals surface area (Å²) in [5.74, 6) is -1.34. The average Bonchev–Trinajstić information content (AvgIpc) is 3.27. The minimum Gasteiger partial charge on any atom is -0.298 e. The third-order valence-corrected chi connectivity index (χ3v) is 7.94. The van der Waals surface area contributed by atoms with Crippen LogP contribution in [0, 0.1) is 17.7 Å². The van der Waals surface area contributed by atoms with Crippen molar-refractivity contribution < 1.29 is 39.2 Å². The van der Waals surface area contributed by atoms with Crippen LogP contribution < -0.4 is 4.72 Å². The summed E-state index contributed by atoms with van der Waals surface area (Å²) >= 11 is 0. The molecule has 1 N–H and O–H groups in total. The Balaban J connectivity index is 1.43. The summed E-state index contributed by atoms with van der Waals surface area (Å²) in [4.78, 5) is 1.45. The number of halogens is 7. The van der Waals surface area contributed by atoms with Crippen molar-refractivity contribution in [3.63, 3.8) is 0 Å². The molecule has 186 valence electrons. The molecule has 2 fully saturated rings. The summed E-state index contributed by atoms with van der Waals surface area (Å²) < 4.78 is 119. The van der Waals surface area contributed by atoms with Gasteiger partial charge in [-0.15, -0.1) is 0 Å². The molecule has 34 heavy (non-hydrogen) atoms. The van der Waals surface area contributed by atoms with Gasteiger partial charge in [-0.2, -0.15) is 26.3 Å². The third kappa shape index (κ3) is 5.23. The van der Waals surface area contributed by atoms with Crippen molar-refractivity contribution in [2.24, 2.45) is 11.8 Å². The van der Waals surface area contributed by atoms with Crippen molar-refractivity contribution in [1.29, 1.82) is 0 Å². The molecule has 1 saturated carbocycles. The standard InChI is InChI=1S/C22H21F7N2O2S/c23-19-8-13(4-6-18(19)22(27,28)29)10-31-11-14-5-7-20(17(14)12-31)30-34(32,33)16-3-1-2-15(9-16)21(24,25)26/h1-4,6,8-9,14,17,20,30H,5,7,10-12H2/t14-,17?,20?/m0/s1. The van der Waals surface area contributed by atoms with Gasteiger partial charge in [0.15, 0.2) is 0 Å². The second-order valence-electron chi connectivity index (χ2n) is 8.76. The molecule has 4 rings (SSSR count). The van der Waals surface area contributed by atoms with Crippen molar-refractivity contribution in [3.8, 4) is 0 Å². The minimum absolute atomic E-state index is 0.111. The van der Waals surface area contributed by atoms with Crippen LogP contribution in [-0.4, -0.2) is 32.4 Å². The van der Waals surface area contributed by atoms with E-state index in [1.807, 2.05) is 4.90 Å². The highest BCUT2D eigenvalue weighted by Crippen LogP contribution is 2.40. The average molecular weight is 510 g/mol. The molecule has 2 aromatic carbocycles. The molecule has 0 amide bonds. The molecule has 2 aromatic rings. The molecule has 0 bridgehead atoms. The number of sulfonamides is 1. The zero-order valence-electron chi connectivity index (χ0n) is 17.6. The first-order valence-electron chi connectivity index (χ1n) is 10.5. The van der Waals surface area contributed by atoms with E-state index in [2.05, 4.69) is 4.72 Å². The van der Waals surface area contributed by atoms with Crippen LogP contribution in [0.5, 0.6) is 0 Å².